The summed E-state index contributed by atoms with van der Waals surface area (Å²) < 4.78 is 14.0. The van der Waals surface area contributed by atoms with Gasteiger partial charge in [-0.1, -0.05) is 128 Å². The predicted octanol–water partition coefficient (Wildman–Crippen LogP) is 11.0. The first-order valence-corrected chi connectivity index (χ1v) is 20.1. The summed E-state index contributed by atoms with van der Waals surface area (Å²) in [5.74, 6) is 2.19. The summed E-state index contributed by atoms with van der Waals surface area (Å²) in [7, 11) is -3.65. The van der Waals surface area contributed by atoms with Crippen LogP contribution in [0.2, 0.25) is 36.3 Å². The molecule has 0 fully saturated rings. The Labute approximate surface area is 225 Å². The second kappa shape index (κ2) is 17.8. The SMILES string of the molecule is CCCC[Si](CCCC)(CCCC[Si](CCCC)(CCCC)Oc1ccccc1)Oc1ccccc1. The predicted molar refractivity (Wildman–Crippen MR) is 163 cm³/mol. The molecule has 2 nitrogen and oxygen atoms in total. The van der Waals surface area contributed by atoms with Crippen molar-refractivity contribution in [2.45, 2.75) is 128 Å². The Balaban J connectivity index is 2.14. The smallest absolute Gasteiger partial charge is 0.251 e. The van der Waals surface area contributed by atoms with E-state index in [1.54, 1.807) is 0 Å². The van der Waals surface area contributed by atoms with Gasteiger partial charge in [0, 0.05) is 0 Å². The fourth-order valence-corrected chi connectivity index (χ4v) is 14.6. The highest BCUT2D eigenvalue weighted by Crippen LogP contribution is 2.35. The first kappa shape index (κ1) is 30.7. The van der Waals surface area contributed by atoms with E-state index in [4.69, 9.17) is 8.85 Å². The molecule has 0 N–H and O–H groups in total. The lowest BCUT2D eigenvalue weighted by atomic mass is 10.3. The molecule has 0 aliphatic rings. The van der Waals surface area contributed by atoms with Crippen molar-refractivity contribution in [3.8, 4) is 11.5 Å². The molecule has 0 spiro atoms. The van der Waals surface area contributed by atoms with Gasteiger partial charge in [0.15, 0.2) is 0 Å². The van der Waals surface area contributed by atoms with Crippen LogP contribution in [0.1, 0.15) is 91.9 Å². The summed E-state index contributed by atoms with van der Waals surface area (Å²) in [6.45, 7) is 9.29. The molecule has 0 saturated heterocycles. The van der Waals surface area contributed by atoms with E-state index >= 15 is 0 Å². The van der Waals surface area contributed by atoms with Gasteiger partial charge in [0.1, 0.15) is 11.5 Å². The molecule has 202 valence electrons. The number of benzene rings is 2. The third-order valence-corrected chi connectivity index (χ3v) is 16.5. The minimum absolute atomic E-state index is 1.10. The minimum Gasteiger partial charge on any atom is -0.543 e. The molecule has 2 aromatic rings. The number of hydrogen-bond donors (Lipinski definition) is 0. The van der Waals surface area contributed by atoms with Gasteiger partial charge in [-0.3, -0.25) is 0 Å². The fraction of sp³-hybridized carbons (Fsp3) is 0.625. The van der Waals surface area contributed by atoms with E-state index in [9.17, 15) is 0 Å². The lowest BCUT2D eigenvalue weighted by Crippen LogP contribution is -2.43. The van der Waals surface area contributed by atoms with Crippen LogP contribution < -0.4 is 8.85 Å². The van der Waals surface area contributed by atoms with Crippen LogP contribution in [0, 0.1) is 0 Å². The number of unbranched alkanes of at least 4 members (excludes halogenated alkanes) is 5. The third kappa shape index (κ3) is 11.2. The molecule has 0 amide bonds. The maximum atomic E-state index is 6.98. The second-order valence-electron chi connectivity index (χ2n) is 10.8. The van der Waals surface area contributed by atoms with Crippen LogP contribution in [-0.2, 0) is 0 Å². The quantitative estimate of drug-likeness (QED) is 0.119. The van der Waals surface area contributed by atoms with Gasteiger partial charge in [-0.2, -0.15) is 0 Å². The fourth-order valence-electron chi connectivity index (χ4n) is 5.42. The summed E-state index contributed by atoms with van der Waals surface area (Å²) in [5.41, 5.74) is 0. The van der Waals surface area contributed by atoms with Crippen molar-refractivity contribution in [3.05, 3.63) is 60.7 Å². The van der Waals surface area contributed by atoms with E-state index in [1.165, 1.54) is 100 Å². The molecule has 0 radical (unpaired) electrons. The van der Waals surface area contributed by atoms with Crippen molar-refractivity contribution in [1.29, 1.82) is 0 Å². The van der Waals surface area contributed by atoms with E-state index in [-0.39, 0.29) is 0 Å². The zero-order valence-corrected chi connectivity index (χ0v) is 25.9. The monoisotopic (exact) mass is 526 g/mol. The topological polar surface area (TPSA) is 18.5 Å². The highest BCUT2D eigenvalue weighted by molar-refractivity contribution is 6.75. The van der Waals surface area contributed by atoms with E-state index in [0.717, 1.165) is 11.5 Å². The van der Waals surface area contributed by atoms with Gasteiger partial charge < -0.3 is 8.85 Å². The molecule has 0 bridgehead atoms. The molecule has 0 atom stereocenters. The van der Waals surface area contributed by atoms with E-state index in [1.807, 2.05) is 0 Å². The second-order valence-corrected chi connectivity index (χ2v) is 19.0. The zero-order chi connectivity index (χ0) is 26.0. The Morgan fingerprint density at radius 3 is 0.972 bits per heavy atom. The van der Waals surface area contributed by atoms with Crippen molar-refractivity contribution >= 4 is 16.6 Å². The zero-order valence-electron chi connectivity index (χ0n) is 23.9. The summed E-state index contributed by atoms with van der Waals surface area (Å²) in [6, 6.07) is 29.1. The van der Waals surface area contributed by atoms with E-state index < -0.39 is 16.6 Å². The van der Waals surface area contributed by atoms with Crippen molar-refractivity contribution in [3.63, 3.8) is 0 Å². The van der Waals surface area contributed by atoms with Crippen LogP contribution in [-0.4, -0.2) is 16.6 Å². The molecule has 0 unspecified atom stereocenters. The largest absolute Gasteiger partial charge is 0.543 e. The molecule has 2 rings (SSSR count). The summed E-state index contributed by atoms with van der Waals surface area (Å²) in [6.07, 6.45) is 12.8. The van der Waals surface area contributed by atoms with E-state index in [2.05, 4.69) is 88.4 Å². The minimum atomic E-state index is -1.82. The normalized spacial score (nSPS) is 12.0. The maximum Gasteiger partial charge on any atom is 0.251 e. The first-order valence-electron chi connectivity index (χ1n) is 15.1. The van der Waals surface area contributed by atoms with Crippen molar-refractivity contribution in [2.75, 3.05) is 0 Å². The van der Waals surface area contributed by atoms with Gasteiger partial charge in [-0.05, 0) is 60.5 Å². The van der Waals surface area contributed by atoms with Crippen molar-refractivity contribution in [1.82, 2.24) is 0 Å². The lowest BCUT2D eigenvalue weighted by molar-refractivity contribution is 0.500. The van der Waals surface area contributed by atoms with Gasteiger partial charge in [0.2, 0.25) is 0 Å². The number of para-hydroxylation sites is 2. The van der Waals surface area contributed by atoms with Crippen LogP contribution in [0.5, 0.6) is 11.5 Å². The Bertz CT molecular complexity index is 698. The molecule has 0 heterocycles. The van der Waals surface area contributed by atoms with Crippen LogP contribution in [0.25, 0.3) is 0 Å². The van der Waals surface area contributed by atoms with Crippen molar-refractivity contribution in [2.24, 2.45) is 0 Å². The van der Waals surface area contributed by atoms with E-state index in [0.29, 0.717) is 0 Å². The highest BCUT2D eigenvalue weighted by Gasteiger charge is 2.38. The standard InChI is InChI=1S/C32H54O2Si2/c1-5-9-25-35(26-10-6-2,33-31-21-15-13-16-22-31)29-19-20-30-36(27-11-7-3,28-12-8-4)34-32-23-17-14-18-24-32/h13-18,21-24H,5-12,19-20,25-30H2,1-4H3. The molecule has 0 aromatic heterocycles. The molecule has 4 heteroatoms. The van der Waals surface area contributed by atoms with Gasteiger partial charge in [0.05, 0.1) is 0 Å². The Kier molecular flexibility index (Phi) is 15.2. The lowest BCUT2D eigenvalue weighted by Gasteiger charge is -2.34. The molecular formula is C32H54O2Si2. The highest BCUT2D eigenvalue weighted by atomic mass is 28.4. The average Bonchev–Trinajstić information content (AvgIpc) is 2.92. The molecule has 0 aliphatic heterocycles. The molecular weight excluding hydrogens is 473 g/mol. The summed E-state index contributed by atoms with van der Waals surface area (Å²) in [4.78, 5) is 0. The number of rotatable bonds is 21. The van der Waals surface area contributed by atoms with Gasteiger partial charge in [0.25, 0.3) is 16.6 Å². The average molecular weight is 527 g/mol. The molecule has 0 aliphatic carbocycles. The van der Waals surface area contributed by atoms with Gasteiger partial charge in [-0.15, -0.1) is 0 Å². The summed E-state index contributed by atoms with van der Waals surface area (Å²) in [5, 5.41) is 0. The van der Waals surface area contributed by atoms with Gasteiger partial charge >= 0.3 is 0 Å². The summed E-state index contributed by atoms with van der Waals surface area (Å²) >= 11 is 0. The Morgan fingerprint density at radius 2 is 0.694 bits per heavy atom. The molecule has 36 heavy (non-hydrogen) atoms. The van der Waals surface area contributed by atoms with Crippen LogP contribution in [0.15, 0.2) is 60.7 Å². The van der Waals surface area contributed by atoms with Crippen LogP contribution in [0.4, 0.5) is 0 Å². The Morgan fingerprint density at radius 1 is 0.417 bits per heavy atom. The first-order chi connectivity index (χ1) is 17.6. The number of hydrogen-bond acceptors (Lipinski definition) is 2. The maximum absolute atomic E-state index is 6.98. The van der Waals surface area contributed by atoms with Crippen molar-refractivity contribution < 1.29 is 8.85 Å². The van der Waals surface area contributed by atoms with Gasteiger partial charge in [-0.25, -0.2) is 0 Å². The Hall–Kier alpha value is -1.53. The molecule has 0 saturated carbocycles. The molecule has 2 aromatic carbocycles. The van der Waals surface area contributed by atoms with Crippen LogP contribution >= 0.6 is 0 Å². The third-order valence-electron chi connectivity index (χ3n) is 7.61. The van der Waals surface area contributed by atoms with Crippen LogP contribution in [0.3, 0.4) is 0 Å².